The molecule has 0 aliphatic carbocycles. The molecule has 0 heterocycles. The van der Waals surface area contributed by atoms with Crippen LogP contribution in [0.15, 0.2) is 24.3 Å². The minimum atomic E-state index is -4.55. The Bertz CT molecular complexity index is 871. The van der Waals surface area contributed by atoms with Crippen LogP contribution in [0.5, 0.6) is 0 Å². The zero-order valence-corrected chi connectivity index (χ0v) is 33.7. The summed E-state index contributed by atoms with van der Waals surface area (Å²) in [7, 11) is -4.55. The van der Waals surface area contributed by atoms with Crippen molar-refractivity contribution in [2.45, 2.75) is 162 Å². The maximum atomic E-state index is 12.5. The van der Waals surface area contributed by atoms with Crippen molar-refractivity contribution in [3.63, 3.8) is 0 Å². The van der Waals surface area contributed by atoms with E-state index in [2.05, 4.69) is 38.2 Å². The summed E-state index contributed by atoms with van der Waals surface area (Å²) in [6.45, 7) is 5.51. The van der Waals surface area contributed by atoms with Gasteiger partial charge in [-0.25, -0.2) is 0 Å². The van der Waals surface area contributed by atoms with Crippen LogP contribution in [-0.4, -0.2) is 60.9 Å². The van der Waals surface area contributed by atoms with Crippen molar-refractivity contribution in [2.75, 3.05) is 42.8 Å². The smallest absolute Gasteiger partial charge is 0.316 e. The molecule has 0 spiro atoms. The lowest BCUT2D eigenvalue weighted by Gasteiger charge is -2.25. The lowest BCUT2D eigenvalue weighted by Crippen LogP contribution is -2.31. The van der Waals surface area contributed by atoms with Crippen molar-refractivity contribution < 1.29 is 37.6 Å². The Balaban J connectivity index is 4.23. The first-order valence-corrected chi connectivity index (χ1v) is 23.0. The molecule has 0 aromatic heterocycles. The van der Waals surface area contributed by atoms with E-state index in [1.54, 1.807) is 6.92 Å². The number of allylic oxidation sites excluding steroid dienone is 4. The molecule has 0 saturated carbocycles. The number of esters is 2. The number of phosphoric acid groups is 1. The highest BCUT2D eigenvalue weighted by atomic mass is 32.2. The fourth-order valence-corrected chi connectivity index (χ4v) is 7.20. The van der Waals surface area contributed by atoms with Gasteiger partial charge in [0.25, 0.3) is 7.82 Å². The molecule has 8 nitrogen and oxygen atoms in total. The molecular weight excluding hydrogens is 680 g/mol. The Labute approximate surface area is 308 Å². The van der Waals surface area contributed by atoms with E-state index in [9.17, 15) is 19.0 Å². The van der Waals surface area contributed by atoms with Gasteiger partial charge < -0.3 is 23.4 Å². The lowest BCUT2D eigenvalue weighted by atomic mass is 10.1. The van der Waals surface area contributed by atoms with Gasteiger partial charge in [-0.05, 0) is 82.1 Å². The van der Waals surface area contributed by atoms with Gasteiger partial charge in [-0.3, -0.25) is 14.2 Å². The summed E-state index contributed by atoms with van der Waals surface area (Å²) in [4.78, 5) is 36.8. The number of phosphoric ester groups is 1. The third kappa shape index (κ3) is 36.8. The summed E-state index contributed by atoms with van der Waals surface area (Å²) in [5.74, 6) is 1.08. The van der Waals surface area contributed by atoms with Crippen molar-refractivity contribution in [2.24, 2.45) is 0 Å². The first-order chi connectivity index (χ1) is 23.8. The van der Waals surface area contributed by atoms with Gasteiger partial charge >= 0.3 is 11.9 Å². The second-order valence-electron chi connectivity index (χ2n) is 12.5. The van der Waals surface area contributed by atoms with Gasteiger partial charge in [0.05, 0.1) is 24.7 Å². The highest BCUT2D eigenvalue weighted by Crippen LogP contribution is 2.38. The van der Waals surface area contributed by atoms with E-state index in [1.165, 1.54) is 101 Å². The number of ether oxygens (including phenoxy) is 2. The van der Waals surface area contributed by atoms with Crippen LogP contribution in [0.25, 0.3) is 0 Å². The molecule has 49 heavy (non-hydrogen) atoms. The van der Waals surface area contributed by atoms with Crippen molar-refractivity contribution in [1.82, 2.24) is 0 Å². The summed E-state index contributed by atoms with van der Waals surface area (Å²) < 4.78 is 32.5. The first kappa shape index (κ1) is 48.2. The van der Waals surface area contributed by atoms with Crippen LogP contribution in [0.3, 0.4) is 0 Å². The normalized spacial score (nSPS) is 13.6. The molecule has 1 unspecified atom stereocenters. The molecule has 288 valence electrons. The van der Waals surface area contributed by atoms with Gasteiger partial charge in [-0.2, -0.15) is 23.5 Å². The standard InChI is InChI=1S/C38H71O8PS2/c1-4-7-9-11-13-15-17-19-21-23-25-27-30-48-34-37(39)43-32-36(33-45-47(41,42)44-29-6-3)46-38(40)35-49-31-28-26-24-22-20-18-16-14-12-10-8-5-2/h17-20,36H,4-16,21-35H2,1-3H3,(H,41,42)/p-1/b19-17-,20-18-/t36-/m1/s1. The number of hydrogen-bond donors (Lipinski definition) is 0. The number of thioether (sulfide) groups is 2. The molecule has 0 amide bonds. The minimum absolute atomic E-state index is 0.000608. The summed E-state index contributed by atoms with van der Waals surface area (Å²) in [5.41, 5.74) is 0. The minimum Gasteiger partial charge on any atom is -0.756 e. The van der Waals surface area contributed by atoms with Crippen molar-refractivity contribution in [3.8, 4) is 0 Å². The predicted molar refractivity (Wildman–Crippen MR) is 207 cm³/mol. The van der Waals surface area contributed by atoms with Crippen LogP contribution in [0.1, 0.15) is 156 Å². The topological polar surface area (TPSA) is 111 Å². The van der Waals surface area contributed by atoms with Gasteiger partial charge in [0, 0.05) is 0 Å². The van der Waals surface area contributed by atoms with E-state index in [1.807, 2.05) is 0 Å². The number of carbonyl (C=O) groups excluding carboxylic acids is 2. The average molecular weight is 750 g/mol. The molecule has 0 radical (unpaired) electrons. The Morgan fingerprint density at radius 2 is 1.04 bits per heavy atom. The molecule has 0 N–H and O–H groups in total. The molecule has 0 bridgehead atoms. The second kappa shape index (κ2) is 37.0. The molecule has 11 heteroatoms. The van der Waals surface area contributed by atoms with Crippen LogP contribution in [0.2, 0.25) is 0 Å². The van der Waals surface area contributed by atoms with Crippen LogP contribution < -0.4 is 4.89 Å². The van der Waals surface area contributed by atoms with Gasteiger partial charge in [-0.1, -0.05) is 109 Å². The molecule has 0 aliphatic heterocycles. The van der Waals surface area contributed by atoms with E-state index in [0.29, 0.717) is 6.42 Å². The highest BCUT2D eigenvalue weighted by molar-refractivity contribution is 8.00. The Morgan fingerprint density at radius 3 is 1.51 bits per heavy atom. The van der Waals surface area contributed by atoms with Gasteiger partial charge in [0.1, 0.15) is 6.61 Å². The quantitative estimate of drug-likeness (QED) is 0.0263. The van der Waals surface area contributed by atoms with E-state index in [0.717, 1.165) is 62.9 Å². The summed E-state index contributed by atoms with van der Waals surface area (Å²) in [6.07, 6.45) is 32.8. The highest BCUT2D eigenvalue weighted by Gasteiger charge is 2.21. The fraction of sp³-hybridized carbons (Fsp3) is 0.842. The third-order valence-electron chi connectivity index (χ3n) is 7.64. The Morgan fingerprint density at radius 1 is 0.592 bits per heavy atom. The number of carbonyl (C=O) groups is 2. The molecule has 0 saturated heterocycles. The van der Waals surface area contributed by atoms with E-state index in [-0.39, 0.29) is 24.7 Å². The predicted octanol–water partition coefficient (Wildman–Crippen LogP) is 10.8. The summed E-state index contributed by atoms with van der Waals surface area (Å²) in [6, 6.07) is 0. The fourth-order valence-electron chi connectivity index (χ4n) is 4.78. The van der Waals surface area contributed by atoms with E-state index >= 15 is 0 Å². The number of hydrogen-bond acceptors (Lipinski definition) is 10. The molecule has 0 aliphatic rings. The van der Waals surface area contributed by atoms with Gasteiger partial charge in [0.2, 0.25) is 0 Å². The Kier molecular flexibility index (Phi) is 36.4. The van der Waals surface area contributed by atoms with Crippen molar-refractivity contribution in [1.29, 1.82) is 0 Å². The first-order valence-electron chi connectivity index (χ1n) is 19.2. The van der Waals surface area contributed by atoms with Gasteiger partial charge in [0.15, 0.2) is 6.10 Å². The Hall–Kier alpha value is -0.770. The third-order valence-corrected chi connectivity index (χ3v) is 10.6. The molecule has 0 rings (SSSR count). The second-order valence-corrected chi connectivity index (χ2v) is 16.1. The largest absolute Gasteiger partial charge is 0.756 e. The molecular formula is C38H70O8PS2-. The molecule has 0 fully saturated rings. The van der Waals surface area contributed by atoms with Crippen LogP contribution >= 0.6 is 31.3 Å². The van der Waals surface area contributed by atoms with E-state index in [4.69, 9.17) is 18.5 Å². The molecule has 0 aromatic carbocycles. The van der Waals surface area contributed by atoms with Crippen molar-refractivity contribution in [3.05, 3.63) is 24.3 Å². The number of rotatable bonds is 37. The zero-order chi connectivity index (χ0) is 36.1. The summed E-state index contributed by atoms with van der Waals surface area (Å²) in [5, 5.41) is 0. The summed E-state index contributed by atoms with van der Waals surface area (Å²) >= 11 is 2.99. The molecule has 0 aromatic rings. The average Bonchev–Trinajstić information content (AvgIpc) is 3.08. The van der Waals surface area contributed by atoms with Gasteiger partial charge in [-0.15, -0.1) is 0 Å². The zero-order valence-electron chi connectivity index (χ0n) is 31.2. The maximum absolute atomic E-state index is 12.5. The van der Waals surface area contributed by atoms with Crippen molar-refractivity contribution >= 4 is 43.3 Å². The van der Waals surface area contributed by atoms with Crippen LogP contribution in [0.4, 0.5) is 0 Å². The van der Waals surface area contributed by atoms with Crippen LogP contribution in [0, 0.1) is 0 Å². The maximum Gasteiger partial charge on any atom is 0.316 e. The van der Waals surface area contributed by atoms with Crippen LogP contribution in [-0.2, 0) is 32.7 Å². The SMILES string of the molecule is CCCCCCC/C=C\CCCCCSCC(=O)OC[C@H](COP(=O)([O-])OCCC)OC(=O)CSCCCCC/C=C\CCCCCCC. The number of unbranched alkanes of at least 4 members (excludes halogenated alkanes) is 16. The lowest BCUT2D eigenvalue weighted by molar-refractivity contribution is -0.228. The molecule has 2 atom stereocenters. The van der Waals surface area contributed by atoms with E-state index < -0.39 is 32.5 Å². The monoisotopic (exact) mass is 749 g/mol.